The molecule has 1 heterocycles. The van der Waals surface area contributed by atoms with Crippen LogP contribution in [0.15, 0.2) is 24.5 Å². The Bertz CT molecular complexity index is 992. The van der Waals surface area contributed by atoms with Gasteiger partial charge in [0.25, 0.3) is 0 Å². The number of aliphatic hydroxyl groups is 2. The highest BCUT2D eigenvalue weighted by Gasteiger charge is 2.40. The maximum atomic E-state index is 14.7. The highest BCUT2D eigenvalue weighted by atomic mass is 16.3. The number of carbonyl (C=O) groups excluding carboxylic acids is 3. The Hall–Kier alpha value is -2.52. The second kappa shape index (κ2) is 17.7. The molecule has 2 aliphatic rings. The summed E-state index contributed by atoms with van der Waals surface area (Å²) in [6.07, 6.45) is 12.7. The monoisotopic (exact) mass is 600 g/mol. The van der Waals surface area contributed by atoms with Crippen molar-refractivity contribution in [2.45, 2.75) is 116 Å². The van der Waals surface area contributed by atoms with E-state index in [0.717, 1.165) is 56.9 Å². The number of nitrogens with zero attached hydrogens (tertiary/aromatic N) is 3. The predicted molar refractivity (Wildman–Crippen MR) is 168 cm³/mol. The molecule has 4 atom stereocenters. The van der Waals surface area contributed by atoms with E-state index in [2.05, 4.69) is 10.3 Å². The van der Waals surface area contributed by atoms with Gasteiger partial charge in [-0.15, -0.1) is 0 Å². The molecule has 43 heavy (non-hydrogen) atoms. The van der Waals surface area contributed by atoms with Gasteiger partial charge in [-0.05, 0) is 61.5 Å². The highest BCUT2D eigenvalue weighted by molar-refractivity contribution is 5.88. The van der Waals surface area contributed by atoms with Crippen LogP contribution in [0, 0.1) is 23.7 Å². The lowest BCUT2D eigenvalue weighted by atomic mass is 9.81. The van der Waals surface area contributed by atoms with Crippen molar-refractivity contribution in [3.8, 4) is 0 Å². The topological polar surface area (TPSA) is 123 Å². The number of likely N-dealkylation sites (N-methyl/N-ethyl adjacent to an activating group) is 1. The number of nitrogens with one attached hydrogen (secondary N) is 1. The van der Waals surface area contributed by atoms with Crippen molar-refractivity contribution in [2.75, 3.05) is 27.2 Å². The quantitative estimate of drug-likeness (QED) is 0.264. The second-order valence-electron chi connectivity index (χ2n) is 13.7. The molecule has 3 amide bonds. The average molecular weight is 601 g/mol. The summed E-state index contributed by atoms with van der Waals surface area (Å²) >= 11 is 0. The lowest BCUT2D eigenvalue weighted by Crippen LogP contribution is -2.55. The molecule has 0 saturated heterocycles. The van der Waals surface area contributed by atoms with E-state index in [4.69, 9.17) is 0 Å². The first-order valence-electron chi connectivity index (χ1n) is 16.6. The molecule has 2 aliphatic carbocycles. The molecule has 0 radical (unpaired) electrons. The molecular weight excluding hydrogens is 544 g/mol. The van der Waals surface area contributed by atoms with E-state index in [1.165, 1.54) is 11.3 Å². The zero-order valence-electron chi connectivity index (χ0n) is 26.9. The van der Waals surface area contributed by atoms with Crippen LogP contribution >= 0.6 is 0 Å². The first kappa shape index (κ1) is 35.0. The molecule has 0 aliphatic heterocycles. The fourth-order valence-electron chi connectivity index (χ4n) is 6.87. The van der Waals surface area contributed by atoms with Gasteiger partial charge in [-0.2, -0.15) is 0 Å². The van der Waals surface area contributed by atoms with Gasteiger partial charge in [0.2, 0.25) is 17.7 Å². The normalized spacial score (nSPS) is 19.0. The van der Waals surface area contributed by atoms with E-state index in [9.17, 15) is 24.6 Å². The maximum Gasteiger partial charge on any atom is 0.241 e. The van der Waals surface area contributed by atoms with Crippen LogP contribution in [0.25, 0.3) is 0 Å². The number of aliphatic hydroxyl groups excluding tert-OH is 2. The zero-order chi connectivity index (χ0) is 31.4. The van der Waals surface area contributed by atoms with Crippen LogP contribution < -0.4 is 5.32 Å². The molecule has 0 unspecified atom stereocenters. The Morgan fingerprint density at radius 3 is 2.26 bits per heavy atom. The summed E-state index contributed by atoms with van der Waals surface area (Å²) in [5.41, 5.74) is 0.850. The molecule has 3 N–H and O–H groups in total. The summed E-state index contributed by atoms with van der Waals surface area (Å²) in [5.74, 6) is -0.521. The van der Waals surface area contributed by atoms with Crippen molar-refractivity contribution < 1.29 is 24.6 Å². The van der Waals surface area contributed by atoms with Crippen LogP contribution in [0.1, 0.15) is 96.5 Å². The van der Waals surface area contributed by atoms with Crippen LogP contribution in [0.2, 0.25) is 0 Å². The summed E-state index contributed by atoms with van der Waals surface area (Å²) < 4.78 is 0. The third kappa shape index (κ3) is 11.5. The third-order valence-corrected chi connectivity index (χ3v) is 9.34. The van der Waals surface area contributed by atoms with Crippen LogP contribution in [-0.2, 0) is 20.8 Å². The standard InChI is InChI=1S/C34H56N4O5/c1-24(2)17-30(39)33(42)29(19-25-11-6-5-7-12-25)38(23-26-13-8-9-14-26)34(43)28(18-27-15-10-16-35-21-27)20-31(40)36-22-32(41)37(3)4/h10,15-16,21,24-26,28-30,33,39,42H,5-9,11-14,17-20,22-23H2,1-4H3,(H,36,40)/t28-,29+,30+,33-/m1/s1. The fourth-order valence-corrected chi connectivity index (χ4v) is 6.87. The largest absolute Gasteiger partial charge is 0.390 e. The molecule has 0 bridgehead atoms. The summed E-state index contributed by atoms with van der Waals surface area (Å²) in [4.78, 5) is 47.5. The smallest absolute Gasteiger partial charge is 0.241 e. The lowest BCUT2D eigenvalue weighted by Gasteiger charge is -2.42. The van der Waals surface area contributed by atoms with Crippen LogP contribution in [0.4, 0.5) is 0 Å². The van der Waals surface area contributed by atoms with E-state index < -0.39 is 24.2 Å². The van der Waals surface area contributed by atoms with Gasteiger partial charge in [0.15, 0.2) is 0 Å². The molecule has 242 valence electrons. The minimum Gasteiger partial charge on any atom is -0.390 e. The van der Waals surface area contributed by atoms with Crippen molar-refractivity contribution in [3.05, 3.63) is 30.1 Å². The number of carbonyl (C=O) groups is 3. The molecular formula is C34H56N4O5. The SMILES string of the molecule is CC(C)C[C@H](O)[C@H](O)[C@H](CC1CCCCC1)N(CC1CCCC1)C(=O)[C@@H](CC(=O)NCC(=O)N(C)C)Cc1cccnc1. The first-order chi connectivity index (χ1) is 20.5. The zero-order valence-corrected chi connectivity index (χ0v) is 26.9. The Kier molecular flexibility index (Phi) is 14.4. The number of hydrogen-bond acceptors (Lipinski definition) is 6. The van der Waals surface area contributed by atoms with Crippen molar-refractivity contribution in [3.63, 3.8) is 0 Å². The number of pyridine rings is 1. The van der Waals surface area contributed by atoms with Gasteiger partial charge in [0.05, 0.1) is 24.6 Å². The Morgan fingerprint density at radius 1 is 1.00 bits per heavy atom. The molecule has 2 fully saturated rings. The summed E-state index contributed by atoms with van der Waals surface area (Å²) in [7, 11) is 3.27. The Labute approximate surface area is 258 Å². The van der Waals surface area contributed by atoms with E-state index >= 15 is 0 Å². The Morgan fingerprint density at radius 2 is 1.65 bits per heavy atom. The minimum absolute atomic E-state index is 0.0730. The van der Waals surface area contributed by atoms with Crippen molar-refractivity contribution in [1.82, 2.24) is 20.1 Å². The van der Waals surface area contributed by atoms with Gasteiger partial charge in [-0.1, -0.05) is 64.9 Å². The number of hydrogen-bond donors (Lipinski definition) is 3. The van der Waals surface area contributed by atoms with Gasteiger partial charge in [-0.3, -0.25) is 19.4 Å². The van der Waals surface area contributed by atoms with Crippen LogP contribution in [0.3, 0.4) is 0 Å². The number of amides is 3. The van der Waals surface area contributed by atoms with E-state index in [1.54, 1.807) is 26.5 Å². The van der Waals surface area contributed by atoms with Crippen molar-refractivity contribution in [1.29, 1.82) is 0 Å². The first-order valence-corrected chi connectivity index (χ1v) is 16.6. The van der Waals surface area contributed by atoms with Gasteiger partial charge in [-0.25, -0.2) is 0 Å². The molecule has 0 aromatic carbocycles. The molecule has 1 aromatic rings. The Balaban J connectivity index is 1.94. The van der Waals surface area contributed by atoms with Crippen molar-refractivity contribution >= 4 is 17.7 Å². The summed E-state index contributed by atoms with van der Waals surface area (Å²) in [6, 6.07) is 3.20. The predicted octanol–water partition coefficient (Wildman–Crippen LogP) is 3.96. The van der Waals surface area contributed by atoms with E-state index in [-0.39, 0.29) is 36.6 Å². The maximum absolute atomic E-state index is 14.7. The molecule has 9 nitrogen and oxygen atoms in total. The van der Waals surface area contributed by atoms with E-state index in [0.29, 0.717) is 37.6 Å². The average Bonchev–Trinajstić information content (AvgIpc) is 3.50. The van der Waals surface area contributed by atoms with Gasteiger partial charge < -0.3 is 25.3 Å². The van der Waals surface area contributed by atoms with Crippen molar-refractivity contribution in [2.24, 2.45) is 23.7 Å². The van der Waals surface area contributed by atoms with E-state index in [1.807, 2.05) is 30.9 Å². The number of rotatable bonds is 16. The summed E-state index contributed by atoms with van der Waals surface area (Å²) in [5, 5.41) is 25.6. The fraction of sp³-hybridized carbons (Fsp3) is 0.765. The van der Waals surface area contributed by atoms with Crippen LogP contribution in [0.5, 0.6) is 0 Å². The lowest BCUT2D eigenvalue weighted by molar-refractivity contribution is -0.147. The third-order valence-electron chi connectivity index (χ3n) is 9.34. The molecule has 0 spiro atoms. The molecule has 9 heteroatoms. The number of aromatic nitrogens is 1. The highest BCUT2D eigenvalue weighted by Crippen LogP contribution is 2.34. The minimum atomic E-state index is -1.07. The molecule has 3 rings (SSSR count). The molecule has 1 aromatic heterocycles. The second-order valence-corrected chi connectivity index (χ2v) is 13.7. The molecule has 2 saturated carbocycles. The summed E-state index contributed by atoms with van der Waals surface area (Å²) in [6.45, 7) is 4.44. The van der Waals surface area contributed by atoms with Crippen LogP contribution in [-0.4, -0.2) is 88.2 Å². The van der Waals surface area contributed by atoms with Gasteiger partial charge in [0.1, 0.15) is 6.10 Å². The van der Waals surface area contributed by atoms with Gasteiger partial charge >= 0.3 is 0 Å². The van der Waals surface area contributed by atoms with Gasteiger partial charge in [0, 0.05) is 39.5 Å².